The molecule has 3 aliphatic rings. The molecule has 0 unspecified atom stereocenters. The first-order valence-corrected chi connectivity index (χ1v) is 9.55. The molecule has 2 bridgehead atoms. The van der Waals surface area contributed by atoms with Gasteiger partial charge in [0, 0.05) is 39.3 Å². The highest BCUT2D eigenvalue weighted by Gasteiger charge is 2.39. The summed E-state index contributed by atoms with van der Waals surface area (Å²) < 4.78 is 10.8. The predicted octanol–water partition coefficient (Wildman–Crippen LogP) is 1.57. The van der Waals surface area contributed by atoms with Crippen LogP contribution in [0.2, 0.25) is 0 Å². The fraction of sp³-hybridized carbons (Fsp3) is 0.944. The molecule has 6 heteroatoms. The fourth-order valence-electron chi connectivity index (χ4n) is 4.61. The Morgan fingerprint density at radius 3 is 2.62 bits per heavy atom. The number of fused-ring (bicyclic) bond motifs is 2. The number of hydrogen-bond donors (Lipinski definition) is 1. The topological polar surface area (TPSA) is 62.2 Å². The molecular weight excluding hydrogens is 308 g/mol. The first kappa shape index (κ1) is 18.0. The van der Waals surface area contributed by atoms with E-state index in [9.17, 15) is 9.90 Å². The van der Waals surface area contributed by atoms with Crippen LogP contribution in [0.4, 0.5) is 4.79 Å². The van der Waals surface area contributed by atoms with Gasteiger partial charge < -0.3 is 19.5 Å². The predicted molar refractivity (Wildman–Crippen MR) is 90.8 cm³/mol. The quantitative estimate of drug-likeness (QED) is 0.762. The van der Waals surface area contributed by atoms with E-state index in [1.165, 1.54) is 25.7 Å². The minimum atomic E-state index is -0.447. The molecule has 1 heterocycles. The summed E-state index contributed by atoms with van der Waals surface area (Å²) in [6, 6.07) is 0. The summed E-state index contributed by atoms with van der Waals surface area (Å²) in [6.07, 6.45) is 4.86. The standard InChI is InChI=1S/C18H32N2O4/c1-2-24-18(22)20-7-5-19(6-8-20)11-17(21)13-23-12-16-10-14-3-4-15(16)9-14/h14-17,21H,2-13H2,1H3/t14-,15-,16-,17-/m1/s1. The van der Waals surface area contributed by atoms with Gasteiger partial charge in [-0.05, 0) is 43.9 Å². The summed E-state index contributed by atoms with van der Waals surface area (Å²) in [5.74, 6) is 2.55. The summed E-state index contributed by atoms with van der Waals surface area (Å²) in [6.45, 7) is 6.98. The lowest BCUT2D eigenvalue weighted by Gasteiger charge is -2.35. The molecule has 138 valence electrons. The number of piperazine rings is 1. The lowest BCUT2D eigenvalue weighted by Crippen LogP contribution is -2.51. The zero-order chi connectivity index (χ0) is 16.9. The maximum absolute atomic E-state index is 11.7. The highest BCUT2D eigenvalue weighted by Crippen LogP contribution is 2.48. The molecule has 0 aromatic carbocycles. The lowest BCUT2D eigenvalue weighted by atomic mass is 9.90. The Bertz CT molecular complexity index is 412. The summed E-state index contributed by atoms with van der Waals surface area (Å²) in [7, 11) is 0. The smallest absolute Gasteiger partial charge is 0.409 e. The second-order valence-electron chi connectivity index (χ2n) is 7.61. The van der Waals surface area contributed by atoms with Crippen molar-refractivity contribution in [2.45, 2.75) is 38.7 Å². The molecule has 1 amide bonds. The number of carbonyl (C=O) groups is 1. The molecule has 4 atom stereocenters. The van der Waals surface area contributed by atoms with E-state index in [1.807, 2.05) is 6.92 Å². The summed E-state index contributed by atoms with van der Waals surface area (Å²) in [5.41, 5.74) is 0. The second kappa shape index (κ2) is 8.50. The van der Waals surface area contributed by atoms with Crippen LogP contribution in [0.15, 0.2) is 0 Å². The summed E-state index contributed by atoms with van der Waals surface area (Å²) in [4.78, 5) is 15.6. The van der Waals surface area contributed by atoms with Gasteiger partial charge in [-0.25, -0.2) is 4.79 Å². The van der Waals surface area contributed by atoms with E-state index in [0.717, 1.165) is 37.5 Å². The highest BCUT2D eigenvalue weighted by molar-refractivity contribution is 5.67. The summed E-state index contributed by atoms with van der Waals surface area (Å²) >= 11 is 0. The number of aliphatic hydroxyl groups is 1. The number of aliphatic hydroxyl groups excluding tert-OH is 1. The normalized spacial score (nSPS) is 31.4. The van der Waals surface area contributed by atoms with E-state index in [1.54, 1.807) is 4.90 Å². The maximum Gasteiger partial charge on any atom is 0.409 e. The highest BCUT2D eigenvalue weighted by atomic mass is 16.6. The molecule has 0 aromatic heterocycles. The Kier molecular flexibility index (Phi) is 6.36. The number of β-amino-alcohol motifs (C(OH)–C–C–N with tert-alkyl or cyclic N) is 1. The molecule has 0 spiro atoms. The van der Waals surface area contributed by atoms with Crippen LogP contribution in [0, 0.1) is 17.8 Å². The summed E-state index contributed by atoms with van der Waals surface area (Å²) in [5, 5.41) is 10.2. The molecule has 0 aromatic rings. The van der Waals surface area contributed by atoms with Gasteiger partial charge in [0.2, 0.25) is 0 Å². The van der Waals surface area contributed by atoms with E-state index < -0.39 is 6.10 Å². The molecule has 3 rings (SSSR count). The van der Waals surface area contributed by atoms with Crippen LogP contribution in [-0.2, 0) is 9.47 Å². The number of carbonyl (C=O) groups excluding carboxylic acids is 1. The molecule has 24 heavy (non-hydrogen) atoms. The molecule has 1 N–H and O–H groups in total. The van der Waals surface area contributed by atoms with Crippen LogP contribution in [0.3, 0.4) is 0 Å². The first-order valence-electron chi connectivity index (χ1n) is 9.55. The van der Waals surface area contributed by atoms with Crippen LogP contribution in [0.1, 0.15) is 32.6 Å². The molecule has 0 radical (unpaired) electrons. The van der Waals surface area contributed by atoms with Gasteiger partial charge >= 0.3 is 6.09 Å². The average Bonchev–Trinajstić information content (AvgIpc) is 3.18. The minimum absolute atomic E-state index is 0.230. The molecule has 3 fully saturated rings. The van der Waals surface area contributed by atoms with Gasteiger partial charge in [-0.15, -0.1) is 0 Å². The fourth-order valence-corrected chi connectivity index (χ4v) is 4.61. The van der Waals surface area contributed by atoms with Crippen molar-refractivity contribution < 1.29 is 19.4 Å². The van der Waals surface area contributed by atoms with Crippen molar-refractivity contribution in [2.75, 3.05) is 52.5 Å². The Hall–Kier alpha value is -0.850. The van der Waals surface area contributed by atoms with E-state index in [0.29, 0.717) is 32.8 Å². The van der Waals surface area contributed by atoms with Crippen molar-refractivity contribution in [3.05, 3.63) is 0 Å². The zero-order valence-corrected chi connectivity index (χ0v) is 14.9. The van der Waals surface area contributed by atoms with Crippen LogP contribution in [0.5, 0.6) is 0 Å². The molecule has 2 saturated carbocycles. The number of amides is 1. The Morgan fingerprint density at radius 1 is 1.21 bits per heavy atom. The number of ether oxygens (including phenoxy) is 2. The van der Waals surface area contributed by atoms with Gasteiger partial charge in [0.05, 0.1) is 19.3 Å². The van der Waals surface area contributed by atoms with Gasteiger partial charge in [-0.1, -0.05) is 6.42 Å². The van der Waals surface area contributed by atoms with Gasteiger partial charge in [0.25, 0.3) is 0 Å². The van der Waals surface area contributed by atoms with Gasteiger partial charge in [0.15, 0.2) is 0 Å². The van der Waals surface area contributed by atoms with Crippen molar-refractivity contribution in [2.24, 2.45) is 17.8 Å². The Labute approximate surface area is 145 Å². The van der Waals surface area contributed by atoms with Crippen molar-refractivity contribution in [3.63, 3.8) is 0 Å². The van der Waals surface area contributed by atoms with Crippen LogP contribution < -0.4 is 0 Å². The van der Waals surface area contributed by atoms with Crippen molar-refractivity contribution in [3.8, 4) is 0 Å². The van der Waals surface area contributed by atoms with E-state index in [-0.39, 0.29) is 6.09 Å². The van der Waals surface area contributed by atoms with Crippen LogP contribution >= 0.6 is 0 Å². The van der Waals surface area contributed by atoms with Gasteiger partial charge in [-0.3, -0.25) is 4.90 Å². The second-order valence-corrected chi connectivity index (χ2v) is 7.61. The minimum Gasteiger partial charge on any atom is -0.450 e. The number of hydrogen-bond acceptors (Lipinski definition) is 5. The van der Waals surface area contributed by atoms with E-state index in [2.05, 4.69) is 4.90 Å². The first-order chi connectivity index (χ1) is 11.7. The number of rotatable bonds is 7. The Morgan fingerprint density at radius 2 is 2.00 bits per heavy atom. The lowest BCUT2D eigenvalue weighted by molar-refractivity contribution is -0.00854. The average molecular weight is 340 g/mol. The zero-order valence-electron chi connectivity index (χ0n) is 14.9. The monoisotopic (exact) mass is 340 g/mol. The Balaban J connectivity index is 1.27. The van der Waals surface area contributed by atoms with E-state index >= 15 is 0 Å². The van der Waals surface area contributed by atoms with Crippen molar-refractivity contribution in [1.29, 1.82) is 0 Å². The van der Waals surface area contributed by atoms with Crippen LogP contribution in [-0.4, -0.2) is 79.6 Å². The van der Waals surface area contributed by atoms with E-state index in [4.69, 9.17) is 9.47 Å². The third-order valence-electron chi connectivity index (χ3n) is 5.89. The van der Waals surface area contributed by atoms with Gasteiger partial charge in [0.1, 0.15) is 0 Å². The molecule has 2 aliphatic carbocycles. The molecule has 6 nitrogen and oxygen atoms in total. The largest absolute Gasteiger partial charge is 0.450 e. The molecular formula is C18H32N2O4. The molecule has 1 saturated heterocycles. The number of nitrogens with zero attached hydrogens (tertiary/aromatic N) is 2. The SMILES string of the molecule is CCOC(=O)N1CCN(C[C@@H](O)COC[C@H]2C[C@@H]3CC[C@@H]2C3)CC1. The third-order valence-corrected chi connectivity index (χ3v) is 5.89. The third kappa shape index (κ3) is 4.61. The maximum atomic E-state index is 11.7. The van der Waals surface area contributed by atoms with Crippen molar-refractivity contribution in [1.82, 2.24) is 9.80 Å². The van der Waals surface area contributed by atoms with Crippen LogP contribution in [0.25, 0.3) is 0 Å². The van der Waals surface area contributed by atoms with Gasteiger partial charge in [-0.2, -0.15) is 0 Å². The molecule has 1 aliphatic heterocycles. The van der Waals surface area contributed by atoms with Crippen molar-refractivity contribution >= 4 is 6.09 Å².